The van der Waals surface area contributed by atoms with Gasteiger partial charge in [-0.1, -0.05) is 24.3 Å². The largest absolute Gasteiger partial charge is 0.384 e. The van der Waals surface area contributed by atoms with Gasteiger partial charge in [0.2, 0.25) is 0 Å². The Bertz CT molecular complexity index is 1360. The number of benzene rings is 2. The summed E-state index contributed by atoms with van der Waals surface area (Å²) in [6.45, 7) is 0. The van der Waals surface area contributed by atoms with Crippen LogP contribution in [0.15, 0.2) is 78.0 Å². The molecule has 0 aliphatic heterocycles. The molecule has 5 aromatic rings. The molecule has 0 atom stereocenters. The lowest BCUT2D eigenvalue weighted by Gasteiger charge is -2.09. The number of fused-ring (bicyclic) bond motifs is 1. The van der Waals surface area contributed by atoms with Crippen LogP contribution in [0.3, 0.4) is 0 Å². The third kappa shape index (κ3) is 3.40. The van der Waals surface area contributed by atoms with Crippen molar-refractivity contribution in [2.45, 2.75) is 0 Å². The van der Waals surface area contributed by atoms with Gasteiger partial charge in [0.25, 0.3) is 5.91 Å². The number of carbonyl (C=O) groups is 1. The van der Waals surface area contributed by atoms with Crippen LogP contribution in [-0.2, 0) is 0 Å². The first-order valence-electron chi connectivity index (χ1n) is 9.16. The van der Waals surface area contributed by atoms with E-state index >= 15 is 0 Å². The fourth-order valence-corrected chi connectivity index (χ4v) is 3.83. The number of nitrogens with one attached hydrogen (secondary N) is 1. The number of hydrogen-bond acceptors (Lipinski definition) is 6. The number of nitrogen functional groups attached to an aromatic ring is 1. The van der Waals surface area contributed by atoms with E-state index < -0.39 is 0 Å². The van der Waals surface area contributed by atoms with Crippen molar-refractivity contribution in [2.24, 2.45) is 0 Å². The maximum atomic E-state index is 12.3. The van der Waals surface area contributed by atoms with Crippen LogP contribution in [0, 0.1) is 0 Å². The molecule has 7 nitrogen and oxygen atoms in total. The maximum absolute atomic E-state index is 12.3. The molecule has 0 radical (unpaired) electrons. The quantitative estimate of drug-likeness (QED) is 0.456. The van der Waals surface area contributed by atoms with Crippen LogP contribution in [0.5, 0.6) is 0 Å². The molecule has 3 heterocycles. The number of carbonyl (C=O) groups excluding carboxylic acids is 1. The van der Waals surface area contributed by atoms with Gasteiger partial charge in [0.15, 0.2) is 0 Å². The maximum Gasteiger partial charge on any atom is 0.275 e. The number of rotatable bonds is 4. The van der Waals surface area contributed by atoms with E-state index in [2.05, 4.69) is 38.5 Å². The van der Waals surface area contributed by atoms with Crippen LogP contribution in [-0.4, -0.2) is 25.4 Å². The van der Waals surface area contributed by atoms with Gasteiger partial charge in [0.05, 0.1) is 11.0 Å². The van der Waals surface area contributed by atoms with Crippen LogP contribution in [0.2, 0.25) is 0 Å². The Morgan fingerprint density at radius 2 is 1.90 bits per heavy atom. The summed E-state index contributed by atoms with van der Waals surface area (Å²) in [6, 6.07) is 17.7. The highest BCUT2D eigenvalue weighted by Gasteiger charge is 2.10. The minimum atomic E-state index is -0.223. The highest BCUT2D eigenvalue weighted by molar-refractivity contribution is 7.07. The Morgan fingerprint density at radius 1 is 1.00 bits per heavy atom. The van der Waals surface area contributed by atoms with E-state index in [-0.39, 0.29) is 5.91 Å². The number of aromatic nitrogens is 4. The van der Waals surface area contributed by atoms with Crippen molar-refractivity contribution in [2.75, 3.05) is 11.1 Å². The predicted octanol–water partition coefficient (Wildman–Crippen LogP) is 4.38. The van der Waals surface area contributed by atoms with Crippen LogP contribution in [0.25, 0.3) is 27.8 Å². The van der Waals surface area contributed by atoms with Crippen LogP contribution in [0.4, 0.5) is 11.5 Å². The third-order valence-corrected chi connectivity index (χ3v) is 5.32. The van der Waals surface area contributed by atoms with Crippen molar-refractivity contribution < 1.29 is 4.79 Å². The second kappa shape index (κ2) is 7.41. The molecule has 0 aliphatic rings. The molecule has 0 bridgehead atoms. The van der Waals surface area contributed by atoms with E-state index in [0.717, 1.165) is 22.0 Å². The van der Waals surface area contributed by atoms with E-state index in [1.807, 2.05) is 41.1 Å². The molecule has 0 fully saturated rings. The Balaban J connectivity index is 1.50. The second-order valence-electron chi connectivity index (χ2n) is 6.67. The molecule has 0 unspecified atom stereocenters. The van der Waals surface area contributed by atoms with Crippen molar-refractivity contribution >= 4 is 39.7 Å². The number of amides is 1. The Kier molecular flexibility index (Phi) is 4.45. The van der Waals surface area contributed by atoms with E-state index in [1.54, 1.807) is 17.0 Å². The van der Waals surface area contributed by atoms with E-state index in [0.29, 0.717) is 23.0 Å². The lowest BCUT2D eigenvalue weighted by molar-refractivity contribution is 0.102. The molecule has 0 saturated heterocycles. The minimum absolute atomic E-state index is 0.223. The van der Waals surface area contributed by atoms with Gasteiger partial charge in [0, 0.05) is 28.7 Å². The predicted molar refractivity (Wildman–Crippen MR) is 119 cm³/mol. The van der Waals surface area contributed by atoms with E-state index in [4.69, 9.17) is 5.73 Å². The van der Waals surface area contributed by atoms with E-state index in [1.165, 1.54) is 17.7 Å². The van der Waals surface area contributed by atoms with Gasteiger partial charge >= 0.3 is 0 Å². The summed E-state index contributed by atoms with van der Waals surface area (Å²) < 4.78 is 1.98. The van der Waals surface area contributed by atoms with Crippen molar-refractivity contribution in [3.05, 3.63) is 83.7 Å². The van der Waals surface area contributed by atoms with Crippen molar-refractivity contribution in [1.29, 1.82) is 0 Å². The number of nitrogens with two attached hydrogens (primary N) is 1. The molecule has 8 heteroatoms. The van der Waals surface area contributed by atoms with Crippen molar-refractivity contribution in [3.8, 4) is 16.9 Å². The summed E-state index contributed by atoms with van der Waals surface area (Å²) in [5.74, 6) is 0.902. The molecule has 146 valence electrons. The monoisotopic (exact) mass is 412 g/mol. The smallest absolute Gasteiger partial charge is 0.275 e. The SMILES string of the molecule is Nc1cc(-n2ccc3ccc(-c4cccc(NC(=O)c5cscn5)c4)cc32)ncn1. The minimum Gasteiger partial charge on any atom is -0.384 e. The summed E-state index contributed by atoms with van der Waals surface area (Å²) in [4.78, 5) is 24.6. The van der Waals surface area contributed by atoms with Gasteiger partial charge in [-0.3, -0.25) is 4.79 Å². The van der Waals surface area contributed by atoms with Crippen molar-refractivity contribution in [3.63, 3.8) is 0 Å². The van der Waals surface area contributed by atoms with Gasteiger partial charge in [-0.25, -0.2) is 15.0 Å². The topological polar surface area (TPSA) is 98.7 Å². The first-order valence-corrected chi connectivity index (χ1v) is 10.1. The van der Waals surface area contributed by atoms with Crippen LogP contribution >= 0.6 is 11.3 Å². The Labute approximate surface area is 175 Å². The highest BCUT2D eigenvalue weighted by atomic mass is 32.1. The molecule has 3 N–H and O–H groups in total. The normalized spacial score (nSPS) is 10.9. The first-order chi connectivity index (χ1) is 14.7. The highest BCUT2D eigenvalue weighted by Crippen LogP contribution is 2.28. The summed E-state index contributed by atoms with van der Waals surface area (Å²) in [7, 11) is 0. The second-order valence-corrected chi connectivity index (χ2v) is 7.39. The molecular weight excluding hydrogens is 396 g/mol. The number of thiazole rings is 1. The lowest BCUT2D eigenvalue weighted by atomic mass is 10.0. The molecule has 2 aromatic carbocycles. The number of anilines is 2. The number of nitrogens with zero attached hydrogens (tertiary/aromatic N) is 4. The fourth-order valence-electron chi connectivity index (χ4n) is 3.30. The molecule has 0 saturated carbocycles. The van der Waals surface area contributed by atoms with Gasteiger partial charge in [-0.15, -0.1) is 11.3 Å². The Hall–Kier alpha value is -4.04. The first kappa shape index (κ1) is 18.0. The molecular formula is C22H16N6OS. The fraction of sp³-hybridized carbons (Fsp3) is 0. The standard InChI is InChI=1S/C22H16N6OS/c23-20-10-21(25-12-24-20)28-7-6-14-4-5-16(9-19(14)28)15-2-1-3-17(8-15)27-22(29)18-11-30-13-26-18/h1-13H,(H,27,29)(H2,23,24,25). The summed E-state index contributed by atoms with van der Waals surface area (Å²) >= 11 is 1.39. The summed E-state index contributed by atoms with van der Waals surface area (Å²) in [6.07, 6.45) is 3.41. The van der Waals surface area contributed by atoms with Gasteiger partial charge in [0.1, 0.15) is 23.7 Å². The number of hydrogen-bond donors (Lipinski definition) is 2. The van der Waals surface area contributed by atoms with Crippen molar-refractivity contribution in [1.82, 2.24) is 19.5 Å². The molecule has 30 heavy (non-hydrogen) atoms. The van der Waals surface area contributed by atoms with Gasteiger partial charge in [-0.2, -0.15) is 0 Å². The average Bonchev–Trinajstić information content (AvgIpc) is 3.44. The molecule has 1 amide bonds. The summed E-state index contributed by atoms with van der Waals surface area (Å²) in [5.41, 5.74) is 11.6. The third-order valence-electron chi connectivity index (χ3n) is 4.73. The molecule has 0 aliphatic carbocycles. The lowest BCUT2D eigenvalue weighted by Crippen LogP contribution is -2.12. The zero-order valence-corrected chi connectivity index (χ0v) is 16.5. The molecule has 3 aromatic heterocycles. The van der Waals surface area contributed by atoms with Gasteiger partial charge < -0.3 is 15.6 Å². The van der Waals surface area contributed by atoms with Crippen LogP contribution in [0.1, 0.15) is 10.5 Å². The zero-order chi connectivity index (χ0) is 20.5. The van der Waals surface area contributed by atoms with E-state index in [9.17, 15) is 4.79 Å². The van der Waals surface area contributed by atoms with Gasteiger partial charge in [-0.05, 0) is 35.4 Å². The Morgan fingerprint density at radius 3 is 2.73 bits per heavy atom. The average molecular weight is 412 g/mol. The molecule has 5 rings (SSSR count). The molecule has 0 spiro atoms. The summed E-state index contributed by atoms with van der Waals surface area (Å²) in [5, 5.41) is 5.71. The van der Waals surface area contributed by atoms with Crippen LogP contribution < -0.4 is 11.1 Å². The zero-order valence-electron chi connectivity index (χ0n) is 15.7.